The van der Waals surface area contributed by atoms with Crippen molar-refractivity contribution in [3.63, 3.8) is 0 Å². The lowest BCUT2D eigenvalue weighted by molar-refractivity contribution is 0.203. The average Bonchev–Trinajstić information content (AvgIpc) is 3.65. The van der Waals surface area contributed by atoms with E-state index in [9.17, 15) is 4.79 Å². The highest BCUT2D eigenvalue weighted by Gasteiger charge is 2.30. The van der Waals surface area contributed by atoms with Crippen LogP contribution < -0.4 is 15.0 Å². The second-order valence-electron chi connectivity index (χ2n) is 8.87. The predicted molar refractivity (Wildman–Crippen MR) is 126 cm³/mol. The molecule has 2 fully saturated rings. The quantitative estimate of drug-likeness (QED) is 0.657. The molecule has 31 heavy (non-hydrogen) atoms. The van der Waals surface area contributed by atoms with Crippen LogP contribution in [0, 0.1) is 0 Å². The van der Waals surface area contributed by atoms with Crippen LogP contribution in [0.4, 0.5) is 10.5 Å². The van der Waals surface area contributed by atoms with Gasteiger partial charge in [0.15, 0.2) is 0 Å². The molecule has 2 aromatic rings. The predicted octanol–water partition coefficient (Wildman–Crippen LogP) is 5.33. The molecule has 1 saturated carbocycles. The zero-order chi connectivity index (χ0) is 21.8. The van der Waals surface area contributed by atoms with Gasteiger partial charge in [-0.25, -0.2) is 4.79 Å². The van der Waals surface area contributed by atoms with Crippen molar-refractivity contribution >= 4 is 11.7 Å². The first-order valence-electron chi connectivity index (χ1n) is 11.7. The largest absolute Gasteiger partial charge is 0.494 e. The van der Waals surface area contributed by atoms with E-state index in [1.165, 1.54) is 11.3 Å². The monoisotopic (exact) mass is 421 g/mol. The Kier molecular flexibility index (Phi) is 6.69. The lowest BCUT2D eigenvalue weighted by Crippen LogP contribution is -2.39. The SMILES string of the molecule is CCOc1ccc(N2CCC(c3ccc(C(C)NC(=O)N(C)C4CC4)cc3)CC2)cc1. The third-order valence-electron chi connectivity index (χ3n) is 6.67. The zero-order valence-electron chi connectivity index (χ0n) is 19.0. The van der Waals surface area contributed by atoms with Crippen molar-refractivity contribution in [3.05, 3.63) is 59.7 Å². The number of hydrogen-bond acceptors (Lipinski definition) is 3. The van der Waals surface area contributed by atoms with Gasteiger partial charge in [0.25, 0.3) is 0 Å². The van der Waals surface area contributed by atoms with Crippen molar-refractivity contribution in [2.24, 2.45) is 0 Å². The van der Waals surface area contributed by atoms with Crippen LogP contribution in [-0.4, -0.2) is 43.7 Å². The van der Waals surface area contributed by atoms with Gasteiger partial charge in [-0.05, 0) is 80.8 Å². The Hall–Kier alpha value is -2.69. The van der Waals surface area contributed by atoms with Crippen LogP contribution in [0.15, 0.2) is 48.5 Å². The molecular weight excluding hydrogens is 386 g/mol. The number of piperidine rings is 1. The molecule has 1 heterocycles. The van der Waals surface area contributed by atoms with Gasteiger partial charge in [-0.1, -0.05) is 24.3 Å². The van der Waals surface area contributed by atoms with Gasteiger partial charge in [0.2, 0.25) is 0 Å². The molecule has 5 heteroatoms. The van der Waals surface area contributed by atoms with E-state index in [1.54, 1.807) is 0 Å². The standard InChI is InChI=1S/C26H35N3O2/c1-4-31-25-13-11-24(12-14-25)29-17-15-22(16-18-29)21-7-5-20(6-8-21)19(2)27-26(30)28(3)23-9-10-23/h5-8,11-14,19,22-23H,4,9-10,15-18H2,1-3H3,(H,27,30). The van der Waals surface area contributed by atoms with E-state index in [0.29, 0.717) is 18.6 Å². The van der Waals surface area contributed by atoms with Crippen molar-refractivity contribution in [3.8, 4) is 5.75 Å². The Labute approximate surface area is 186 Å². The van der Waals surface area contributed by atoms with E-state index in [2.05, 4.69) is 65.7 Å². The fraction of sp³-hybridized carbons (Fsp3) is 0.500. The molecule has 1 N–H and O–H groups in total. The van der Waals surface area contributed by atoms with E-state index in [1.807, 2.05) is 18.9 Å². The molecule has 0 radical (unpaired) electrons. The number of carbonyl (C=O) groups is 1. The first kappa shape index (κ1) is 21.5. The molecule has 0 bridgehead atoms. The lowest BCUT2D eigenvalue weighted by atomic mass is 9.88. The van der Waals surface area contributed by atoms with E-state index < -0.39 is 0 Å². The second kappa shape index (κ2) is 9.63. The maximum atomic E-state index is 12.3. The molecule has 2 amide bonds. The molecule has 166 valence electrons. The van der Waals surface area contributed by atoms with Crippen LogP contribution in [-0.2, 0) is 0 Å². The van der Waals surface area contributed by atoms with Gasteiger partial charge in [0.1, 0.15) is 5.75 Å². The topological polar surface area (TPSA) is 44.8 Å². The van der Waals surface area contributed by atoms with Crippen LogP contribution in [0.2, 0.25) is 0 Å². The molecule has 1 unspecified atom stereocenters. The maximum absolute atomic E-state index is 12.3. The Morgan fingerprint density at radius 1 is 1.06 bits per heavy atom. The minimum absolute atomic E-state index is 0.0178. The number of nitrogens with one attached hydrogen (secondary N) is 1. The Morgan fingerprint density at radius 2 is 1.71 bits per heavy atom. The fourth-order valence-electron chi connectivity index (χ4n) is 4.45. The van der Waals surface area contributed by atoms with E-state index in [4.69, 9.17) is 4.74 Å². The summed E-state index contributed by atoms with van der Waals surface area (Å²) in [7, 11) is 1.89. The van der Waals surface area contributed by atoms with Gasteiger partial charge < -0.3 is 19.9 Å². The van der Waals surface area contributed by atoms with Gasteiger partial charge >= 0.3 is 6.03 Å². The Morgan fingerprint density at radius 3 is 2.29 bits per heavy atom. The summed E-state index contributed by atoms with van der Waals surface area (Å²) in [5.74, 6) is 1.53. The summed E-state index contributed by atoms with van der Waals surface area (Å²) in [5.41, 5.74) is 3.84. The van der Waals surface area contributed by atoms with Gasteiger partial charge in [-0.2, -0.15) is 0 Å². The summed E-state index contributed by atoms with van der Waals surface area (Å²) in [6.07, 6.45) is 4.57. The van der Waals surface area contributed by atoms with E-state index in [0.717, 1.165) is 50.1 Å². The molecule has 1 atom stereocenters. The normalized spacial score (nSPS) is 17.8. The summed E-state index contributed by atoms with van der Waals surface area (Å²) in [6.45, 7) is 6.91. The number of amides is 2. The summed E-state index contributed by atoms with van der Waals surface area (Å²) >= 11 is 0. The molecule has 2 aromatic carbocycles. The smallest absolute Gasteiger partial charge is 0.317 e. The van der Waals surface area contributed by atoms with Crippen LogP contribution in [0.1, 0.15) is 62.6 Å². The number of ether oxygens (including phenoxy) is 1. The number of rotatable bonds is 7. The van der Waals surface area contributed by atoms with Gasteiger partial charge in [0, 0.05) is 31.9 Å². The highest BCUT2D eigenvalue weighted by Crippen LogP contribution is 2.32. The third-order valence-corrected chi connectivity index (χ3v) is 6.67. The molecule has 1 aliphatic carbocycles. The van der Waals surface area contributed by atoms with Crippen molar-refractivity contribution in [1.82, 2.24) is 10.2 Å². The highest BCUT2D eigenvalue weighted by atomic mass is 16.5. The third kappa shape index (κ3) is 5.33. The molecule has 4 rings (SSSR count). The Bertz CT molecular complexity index is 853. The molecule has 0 aromatic heterocycles. The van der Waals surface area contributed by atoms with Crippen LogP contribution in [0.3, 0.4) is 0 Å². The lowest BCUT2D eigenvalue weighted by Gasteiger charge is -2.34. The maximum Gasteiger partial charge on any atom is 0.317 e. The fourth-order valence-corrected chi connectivity index (χ4v) is 4.45. The number of hydrogen-bond donors (Lipinski definition) is 1. The second-order valence-corrected chi connectivity index (χ2v) is 8.87. The molecule has 5 nitrogen and oxygen atoms in total. The number of benzene rings is 2. The first-order chi connectivity index (χ1) is 15.0. The minimum atomic E-state index is 0.0178. The number of nitrogens with zero attached hydrogens (tertiary/aromatic N) is 2. The molecule has 1 saturated heterocycles. The highest BCUT2D eigenvalue weighted by molar-refractivity contribution is 5.75. The van der Waals surface area contributed by atoms with E-state index in [-0.39, 0.29) is 12.1 Å². The molecule has 0 spiro atoms. The van der Waals surface area contributed by atoms with Gasteiger partial charge in [-0.3, -0.25) is 0 Å². The first-order valence-corrected chi connectivity index (χ1v) is 11.7. The molecular formula is C26H35N3O2. The summed E-state index contributed by atoms with van der Waals surface area (Å²) in [5, 5.41) is 3.12. The van der Waals surface area contributed by atoms with E-state index >= 15 is 0 Å². The summed E-state index contributed by atoms with van der Waals surface area (Å²) < 4.78 is 5.55. The van der Waals surface area contributed by atoms with Gasteiger partial charge in [-0.15, -0.1) is 0 Å². The summed E-state index contributed by atoms with van der Waals surface area (Å²) in [6, 6.07) is 17.8. The zero-order valence-corrected chi connectivity index (χ0v) is 19.0. The number of carbonyl (C=O) groups excluding carboxylic acids is 1. The molecule has 1 aliphatic heterocycles. The van der Waals surface area contributed by atoms with Crippen LogP contribution in [0.5, 0.6) is 5.75 Å². The average molecular weight is 422 g/mol. The van der Waals surface area contributed by atoms with Crippen molar-refractivity contribution in [2.75, 3.05) is 31.6 Å². The van der Waals surface area contributed by atoms with Crippen molar-refractivity contribution in [1.29, 1.82) is 0 Å². The van der Waals surface area contributed by atoms with Crippen molar-refractivity contribution < 1.29 is 9.53 Å². The number of urea groups is 1. The summed E-state index contributed by atoms with van der Waals surface area (Å²) in [4.78, 5) is 16.6. The Balaban J connectivity index is 1.29. The minimum Gasteiger partial charge on any atom is -0.494 e. The van der Waals surface area contributed by atoms with Crippen LogP contribution >= 0.6 is 0 Å². The number of anilines is 1. The van der Waals surface area contributed by atoms with Crippen LogP contribution in [0.25, 0.3) is 0 Å². The van der Waals surface area contributed by atoms with Gasteiger partial charge in [0.05, 0.1) is 12.6 Å². The van der Waals surface area contributed by atoms with Crippen molar-refractivity contribution in [2.45, 2.75) is 57.5 Å². The molecule has 2 aliphatic rings.